The lowest BCUT2D eigenvalue weighted by molar-refractivity contribution is 0.0226. The minimum absolute atomic E-state index is 0.0107. The molecule has 1 aromatic heterocycles. The monoisotopic (exact) mass is 448 g/mol. The number of ether oxygens (including phenoxy) is 1. The van der Waals surface area contributed by atoms with Crippen LogP contribution in [0.15, 0.2) is 52.7 Å². The predicted molar refractivity (Wildman–Crippen MR) is 131 cm³/mol. The molecule has 1 amide bonds. The van der Waals surface area contributed by atoms with Crippen molar-refractivity contribution in [1.29, 1.82) is 0 Å². The van der Waals surface area contributed by atoms with E-state index in [0.717, 1.165) is 49.4 Å². The molecule has 2 aromatic rings. The molecule has 33 heavy (non-hydrogen) atoms. The van der Waals surface area contributed by atoms with Crippen LogP contribution in [0.5, 0.6) is 0 Å². The second kappa shape index (κ2) is 11.0. The van der Waals surface area contributed by atoms with E-state index >= 15 is 0 Å². The van der Waals surface area contributed by atoms with Crippen LogP contribution in [0.25, 0.3) is 0 Å². The molecular formula is C25H32N6O2. The highest BCUT2D eigenvalue weighted by Gasteiger charge is 2.23. The zero-order chi connectivity index (χ0) is 23.0. The standard InChI is InChI=1S/C25H32N6O2/c1-19-16-20(30-11-13-31(14-12-30)25(32)23-7-2-4-10-28-23)8-9-22(19)24(29-26)18-27-17-21-6-3-5-15-33-21/h2,4,7-10,16,18,21H,3,5-6,11-15,17,26H2,1H3/b27-18?,29-24+. The number of hydrazone groups is 1. The van der Waals surface area contributed by atoms with Gasteiger partial charge >= 0.3 is 0 Å². The Hall–Kier alpha value is -3.26. The SMILES string of the molecule is Cc1cc(N2CCN(C(=O)c3ccccn3)CC2)ccc1/C(C=NCC1CCCCO1)=N/N. The molecule has 1 atom stereocenters. The average molecular weight is 449 g/mol. The number of amides is 1. The number of rotatable bonds is 6. The van der Waals surface area contributed by atoms with E-state index in [1.165, 1.54) is 6.42 Å². The minimum Gasteiger partial charge on any atom is -0.376 e. The Bertz CT molecular complexity index is 993. The van der Waals surface area contributed by atoms with E-state index in [0.29, 0.717) is 31.0 Å². The molecule has 2 saturated heterocycles. The van der Waals surface area contributed by atoms with Crippen molar-refractivity contribution in [2.24, 2.45) is 15.9 Å². The number of aliphatic imine (C=N–C) groups is 1. The van der Waals surface area contributed by atoms with Gasteiger partial charge in [0.25, 0.3) is 5.91 Å². The van der Waals surface area contributed by atoms with Crippen molar-refractivity contribution in [3.63, 3.8) is 0 Å². The molecule has 1 aromatic carbocycles. The number of hydrogen-bond donors (Lipinski definition) is 1. The van der Waals surface area contributed by atoms with Crippen LogP contribution in [0.1, 0.15) is 40.9 Å². The summed E-state index contributed by atoms with van der Waals surface area (Å²) in [5.74, 6) is 5.67. The van der Waals surface area contributed by atoms with Crippen molar-refractivity contribution in [2.75, 3.05) is 44.2 Å². The summed E-state index contributed by atoms with van der Waals surface area (Å²) in [6.45, 7) is 6.41. The summed E-state index contributed by atoms with van der Waals surface area (Å²) in [4.78, 5) is 25.5. The number of nitrogens with zero attached hydrogens (tertiary/aromatic N) is 5. The quantitative estimate of drug-likeness (QED) is 0.416. The maximum absolute atomic E-state index is 12.6. The van der Waals surface area contributed by atoms with Gasteiger partial charge in [-0.05, 0) is 56.0 Å². The molecule has 4 rings (SSSR count). The highest BCUT2D eigenvalue weighted by atomic mass is 16.5. The Morgan fingerprint density at radius 1 is 1.21 bits per heavy atom. The molecule has 0 spiro atoms. The molecule has 0 bridgehead atoms. The Morgan fingerprint density at radius 2 is 2.06 bits per heavy atom. The second-order valence-corrected chi connectivity index (χ2v) is 8.49. The van der Waals surface area contributed by atoms with Crippen molar-refractivity contribution in [3.8, 4) is 0 Å². The molecule has 8 heteroatoms. The van der Waals surface area contributed by atoms with Crippen LogP contribution in [0.3, 0.4) is 0 Å². The number of anilines is 1. The van der Waals surface area contributed by atoms with Crippen LogP contribution in [0.4, 0.5) is 5.69 Å². The molecule has 2 fully saturated rings. The molecule has 0 radical (unpaired) electrons. The molecule has 2 N–H and O–H groups in total. The van der Waals surface area contributed by atoms with Crippen molar-refractivity contribution >= 4 is 23.5 Å². The Labute approximate surface area is 195 Å². The highest BCUT2D eigenvalue weighted by molar-refractivity contribution is 6.38. The highest BCUT2D eigenvalue weighted by Crippen LogP contribution is 2.22. The van der Waals surface area contributed by atoms with E-state index in [-0.39, 0.29) is 12.0 Å². The fourth-order valence-electron chi connectivity index (χ4n) is 4.33. The van der Waals surface area contributed by atoms with E-state index in [1.54, 1.807) is 18.5 Å². The normalized spacial score (nSPS) is 19.8. The fourth-order valence-corrected chi connectivity index (χ4v) is 4.33. The molecule has 3 heterocycles. The van der Waals surface area contributed by atoms with Gasteiger partial charge < -0.3 is 20.4 Å². The number of piperazine rings is 1. The third-order valence-corrected chi connectivity index (χ3v) is 6.24. The second-order valence-electron chi connectivity index (χ2n) is 8.49. The van der Waals surface area contributed by atoms with Crippen LogP contribution in [0, 0.1) is 6.92 Å². The lowest BCUT2D eigenvalue weighted by Gasteiger charge is -2.36. The Morgan fingerprint density at radius 3 is 2.73 bits per heavy atom. The molecule has 174 valence electrons. The van der Waals surface area contributed by atoms with Gasteiger partial charge in [0, 0.05) is 56.4 Å². The minimum atomic E-state index is -0.0107. The Kier molecular flexibility index (Phi) is 7.67. The summed E-state index contributed by atoms with van der Waals surface area (Å²) in [5.41, 5.74) is 4.35. The number of hydrogen-bond acceptors (Lipinski definition) is 7. The van der Waals surface area contributed by atoms with Gasteiger partial charge in [-0.15, -0.1) is 0 Å². The molecular weight excluding hydrogens is 416 g/mol. The van der Waals surface area contributed by atoms with E-state index in [4.69, 9.17) is 10.6 Å². The maximum Gasteiger partial charge on any atom is 0.272 e. The smallest absolute Gasteiger partial charge is 0.272 e. The first-order chi connectivity index (χ1) is 16.2. The summed E-state index contributed by atoms with van der Waals surface area (Å²) in [6, 6.07) is 11.7. The maximum atomic E-state index is 12.6. The summed E-state index contributed by atoms with van der Waals surface area (Å²) in [6.07, 6.45) is 6.99. The van der Waals surface area contributed by atoms with Crippen LogP contribution < -0.4 is 10.7 Å². The summed E-state index contributed by atoms with van der Waals surface area (Å²) in [7, 11) is 0. The van der Waals surface area contributed by atoms with E-state index < -0.39 is 0 Å². The van der Waals surface area contributed by atoms with E-state index in [1.807, 2.05) is 23.1 Å². The van der Waals surface area contributed by atoms with Crippen LogP contribution in [-0.2, 0) is 4.74 Å². The number of pyridine rings is 1. The van der Waals surface area contributed by atoms with Gasteiger partial charge in [-0.25, -0.2) is 0 Å². The average Bonchev–Trinajstić information content (AvgIpc) is 2.88. The van der Waals surface area contributed by atoms with E-state index in [2.05, 4.69) is 39.0 Å². The summed E-state index contributed by atoms with van der Waals surface area (Å²) in [5, 5.41) is 3.96. The number of aromatic nitrogens is 1. The van der Waals surface area contributed by atoms with Crippen molar-refractivity contribution in [3.05, 3.63) is 59.4 Å². The van der Waals surface area contributed by atoms with E-state index in [9.17, 15) is 4.79 Å². The number of benzene rings is 1. The van der Waals surface area contributed by atoms with Gasteiger partial charge in [0.1, 0.15) is 11.4 Å². The van der Waals surface area contributed by atoms with Gasteiger partial charge in [0.15, 0.2) is 0 Å². The zero-order valence-corrected chi connectivity index (χ0v) is 19.2. The van der Waals surface area contributed by atoms with Crippen LogP contribution >= 0.6 is 0 Å². The number of aryl methyl sites for hydroxylation is 1. The Balaban J connectivity index is 1.35. The molecule has 2 aliphatic rings. The number of nitrogens with two attached hydrogens (primary N) is 1. The third kappa shape index (κ3) is 5.76. The first-order valence-corrected chi connectivity index (χ1v) is 11.6. The topological polar surface area (TPSA) is 96.4 Å². The molecule has 2 aliphatic heterocycles. The fraction of sp³-hybridized carbons (Fsp3) is 0.440. The van der Waals surface area contributed by atoms with Crippen molar-refractivity contribution < 1.29 is 9.53 Å². The van der Waals surface area contributed by atoms with Crippen molar-refractivity contribution in [1.82, 2.24) is 9.88 Å². The molecule has 8 nitrogen and oxygen atoms in total. The lowest BCUT2D eigenvalue weighted by atomic mass is 10.0. The molecule has 0 saturated carbocycles. The van der Waals surface area contributed by atoms with Crippen LogP contribution in [-0.4, -0.2) is 73.2 Å². The first-order valence-electron chi connectivity index (χ1n) is 11.6. The largest absolute Gasteiger partial charge is 0.376 e. The predicted octanol–water partition coefficient (Wildman–Crippen LogP) is 2.66. The van der Waals surface area contributed by atoms with Gasteiger partial charge in [0.05, 0.1) is 12.6 Å². The molecule has 0 aliphatic carbocycles. The number of carbonyl (C=O) groups excluding carboxylic acids is 1. The summed E-state index contributed by atoms with van der Waals surface area (Å²) < 4.78 is 5.73. The van der Waals surface area contributed by atoms with Gasteiger partial charge in [-0.1, -0.05) is 12.1 Å². The lowest BCUT2D eigenvalue weighted by Crippen LogP contribution is -2.49. The third-order valence-electron chi connectivity index (χ3n) is 6.24. The first kappa shape index (κ1) is 22.9. The zero-order valence-electron chi connectivity index (χ0n) is 19.2. The van der Waals surface area contributed by atoms with Gasteiger partial charge in [-0.2, -0.15) is 5.10 Å². The van der Waals surface area contributed by atoms with Gasteiger partial charge in [0.2, 0.25) is 0 Å². The molecule has 1 unspecified atom stereocenters. The van der Waals surface area contributed by atoms with Gasteiger partial charge in [-0.3, -0.25) is 14.8 Å². The van der Waals surface area contributed by atoms with Crippen molar-refractivity contribution in [2.45, 2.75) is 32.3 Å². The summed E-state index contributed by atoms with van der Waals surface area (Å²) >= 11 is 0. The number of carbonyl (C=O) groups is 1. The van der Waals surface area contributed by atoms with Crippen LogP contribution in [0.2, 0.25) is 0 Å².